The molecule has 0 unspecified atom stereocenters. The van der Waals surface area contributed by atoms with Crippen LogP contribution in [0.2, 0.25) is 0 Å². The first-order chi connectivity index (χ1) is 6.86. The van der Waals surface area contributed by atoms with E-state index in [1.54, 1.807) is 6.20 Å². The molecule has 0 bridgehead atoms. The Hall–Kier alpha value is -2.10. The summed E-state index contributed by atoms with van der Waals surface area (Å²) in [5, 5.41) is 12.4. The molecule has 3 aromatic rings. The SMILES string of the molecule is [O-][n+]1cncc2[nH]c3ccccc3c21. The summed E-state index contributed by atoms with van der Waals surface area (Å²) < 4.78 is 0.786. The lowest BCUT2D eigenvalue weighted by Crippen LogP contribution is -2.26. The summed E-state index contributed by atoms with van der Waals surface area (Å²) in [4.78, 5) is 6.96. The van der Waals surface area contributed by atoms with Crippen LogP contribution >= 0.6 is 0 Å². The predicted octanol–water partition coefficient (Wildman–Crippen LogP) is 1.35. The van der Waals surface area contributed by atoms with Crippen LogP contribution in [0.1, 0.15) is 0 Å². The zero-order valence-corrected chi connectivity index (χ0v) is 7.27. The lowest BCUT2D eigenvalue weighted by Gasteiger charge is -1.99. The van der Waals surface area contributed by atoms with Gasteiger partial charge in [0.25, 0.3) is 6.33 Å². The van der Waals surface area contributed by atoms with Gasteiger partial charge in [-0.2, -0.15) is 0 Å². The van der Waals surface area contributed by atoms with Gasteiger partial charge in [0, 0.05) is 5.39 Å². The van der Waals surface area contributed by atoms with Gasteiger partial charge < -0.3 is 10.2 Å². The summed E-state index contributed by atoms with van der Waals surface area (Å²) in [6.45, 7) is 0. The van der Waals surface area contributed by atoms with E-state index in [2.05, 4.69) is 9.97 Å². The molecule has 0 radical (unpaired) electrons. The molecule has 2 aromatic heterocycles. The Kier molecular flexibility index (Phi) is 1.28. The third kappa shape index (κ3) is 0.821. The van der Waals surface area contributed by atoms with Crippen molar-refractivity contribution >= 4 is 21.9 Å². The molecule has 0 saturated heterocycles. The van der Waals surface area contributed by atoms with E-state index in [9.17, 15) is 5.21 Å². The highest BCUT2D eigenvalue weighted by Crippen LogP contribution is 2.20. The number of benzene rings is 1. The number of aromatic nitrogens is 3. The van der Waals surface area contributed by atoms with Crippen molar-refractivity contribution in [3.8, 4) is 0 Å². The lowest BCUT2D eigenvalue weighted by molar-refractivity contribution is -0.579. The molecule has 4 heteroatoms. The molecule has 1 aromatic carbocycles. The third-order valence-corrected chi connectivity index (χ3v) is 2.30. The van der Waals surface area contributed by atoms with Gasteiger partial charge in [-0.1, -0.05) is 17.1 Å². The van der Waals surface area contributed by atoms with E-state index >= 15 is 0 Å². The van der Waals surface area contributed by atoms with E-state index in [4.69, 9.17) is 0 Å². The number of aromatic amines is 1. The topological polar surface area (TPSA) is 55.6 Å². The molecule has 1 N–H and O–H groups in total. The Morgan fingerprint density at radius 1 is 1.21 bits per heavy atom. The maximum Gasteiger partial charge on any atom is 0.289 e. The van der Waals surface area contributed by atoms with Crippen molar-refractivity contribution in [3.63, 3.8) is 0 Å². The highest BCUT2D eigenvalue weighted by atomic mass is 16.5. The first-order valence-corrected chi connectivity index (χ1v) is 4.30. The molecular weight excluding hydrogens is 178 g/mol. The number of hydrogen-bond donors (Lipinski definition) is 1. The molecule has 0 fully saturated rings. The predicted molar refractivity (Wildman–Crippen MR) is 52.6 cm³/mol. The highest BCUT2D eigenvalue weighted by molar-refractivity contribution is 6.02. The number of H-pyrrole nitrogens is 1. The number of para-hydroxylation sites is 1. The second-order valence-electron chi connectivity index (χ2n) is 3.15. The molecule has 0 amide bonds. The van der Waals surface area contributed by atoms with Crippen molar-refractivity contribution in [1.82, 2.24) is 9.97 Å². The van der Waals surface area contributed by atoms with Crippen LogP contribution in [0.4, 0.5) is 0 Å². The van der Waals surface area contributed by atoms with Crippen molar-refractivity contribution in [2.75, 3.05) is 0 Å². The van der Waals surface area contributed by atoms with E-state index in [1.807, 2.05) is 24.3 Å². The van der Waals surface area contributed by atoms with Crippen molar-refractivity contribution in [1.29, 1.82) is 0 Å². The summed E-state index contributed by atoms with van der Waals surface area (Å²) in [7, 11) is 0. The molecule has 0 aliphatic rings. The number of nitrogens with zero attached hydrogens (tertiary/aromatic N) is 2. The van der Waals surface area contributed by atoms with Gasteiger partial charge in [-0.25, -0.2) is 4.73 Å². The van der Waals surface area contributed by atoms with E-state index in [-0.39, 0.29) is 0 Å². The summed E-state index contributed by atoms with van der Waals surface area (Å²) in [5.74, 6) is 0. The third-order valence-electron chi connectivity index (χ3n) is 2.30. The average molecular weight is 185 g/mol. The Bertz CT molecular complexity index is 615. The number of hydrogen-bond acceptors (Lipinski definition) is 2. The minimum absolute atomic E-state index is 0.649. The first kappa shape index (κ1) is 7.32. The monoisotopic (exact) mass is 185 g/mol. The molecule has 3 rings (SSSR count). The molecular formula is C10H7N3O. The van der Waals surface area contributed by atoms with Gasteiger partial charge in [-0.3, -0.25) is 0 Å². The highest BCUT2D eigenvalue weighted by Gasteiger charge is 2.08. The van der Waals surface area contributed by atoms with E-state index in [0.717, 1.165) is 21.2 Å². The maximum absolute atomic E-state index is 11.5. The smallest absolute Gasteiger partial charge is 0.289 e. The molecule has 0 aliphatic heterocycles. The molecule has 68 valence electrons. The number of rotatable bonds is 0. The minimum atomic E-state index is 0.649. The fourth-order valence-corrected chi connectivity index (χ4v) is 1.70. The van der Waals surface area contributed by atoms with Crippen LogP contribution < -0.4 is 4.73 Å². The maximum atomic E-state index is 11.5. The first-order valence-electron chi connectivity index (χ1n) is 4.30. The summed E-state index contributed by atoms with van der Waals surface area (Å²) in [5.41, 5.74) is 2.37. The van der Waals surface area contributed by atoms with E-state index in [1.165, 1.54) is 6.33 Å². The standard InChI is InChI=1S/C10H7N3O/c14-13-6-11-5-9-10(13)7-3-1-2-4-8(7)12-9/h1-6,12H. The average Bonchev–Trinajstić information content (AvgIpc) is 2.57. The summed E-state index contributed by atoms with van der Waals surface area (Å²) >= 11 is 0. The van der Waals surface area contributed by atoms with Crippen molar-refractivity contribution < 1.29 is 4.73 Å². The van der Waals surface area contributed by atoms with Gasteiger partial charge in [-0.15, -0.1) is 0 Å². The molecule has 0 atom stereocenters. The Morgan fingerprint density at radius 3 is 3.00 bits per heavy atom. The van der Waals surface area contributed by atoms with Crippen molar-refractivity contribution in [3.05, 3.63) is 42.0 Å². The molecule has 2 heterocycles. The van der Waals surface area contributed by atoms with Gasteiger partial charge >= 0.3 is 0 Å². The molecule has 4 nitrogen and oxygen atoms in total. The Labute approximate surface area is 79.4 Å². The van der Waals surface area contributed by atoms with Crippen LogP contribution in [-0.2, 0) is 0 Å². The molecule has 0 spiro atoms. The van der Waals surface area contributed by atoms with E-state index in [0.29, 0.717) is 5.52 Å². The van der Waals surface area contributed by atoms with Crippen molar-refractivity contribution in [2.24, 2.45) is 0 Å². The van der Waals surface area contributed by atoms with E-state index < -0.39 is 0 Å². The molecule has 0 aliphatic carbocycles. The Morgan fingerprint density at radius 2 is 2.07 bits per heavy atom. The Balaban J connectivity index is 2.65. The lowest BCUT2D eigenvalue weighted by atomic mass is 10.2. The van der Waals surface area contributed by atoms with Gasteiger partial charge in [-0.05, 0) is 12.1 Å². The largest absolute Gasteiger partial charge is 0.710 e. The van der Waals surface area contributed by atoms with Crippen LogP contribution in [0.5, 0.6) is 0 Å². The fraction of sp³-hybridized carbons (Fsp3) is 0. The normalized spacial score (nSPS) is 11.1. The number of nitrogens with one attached hydrogen (secondary N) is 1. The van der Waals surface area contributed by atoms with Crippen LogP contribution in [0, 0.1) is 5.21 Å². The zero-order valence-electron chi connectivity index (χ0n) is 7.27. The second-order valence-corrected chi connectivity index (χ2v) is 3.15. The number of fused-ring (bicyclic) bond motifs is 3. The molecule has 14 heavy (non-hydrogen) atoms. The molecule has 0 saturated carbocycles. The summed E-state index contributed by atoms with van der Waals surface area (Å²) in [6.07, 6.45) is 2.92. The van der Waals surface area contributed by atoms with Crippen LogP contribution in [0.15, 0.2) is 36.8 Å². The van der Waals surface area contributed by atoms with Gasteiger partial charge in [0.1, 0.15) is 5.52 Å². The zero-order chi connectivity index (χ0) is 9.54. The van der Waals surface area contributed by atoms with Gasteiger partial charge in [0.05, 0.1) is 5.52 Å². The second kappa shape index (κ2) is 2.45. The summed E-state index contributed by atoms with van der Waals surface area (Å²) in [6, 6.07) is 7.70. The van der Waals surface area contributed by atoms with Gasteiger partial charge in [0.15, 0.2) is 11.7 Å². The quantitative estimate of drug-likeness (QED) is 0.424. The van der Waals surface area contributed by atoms with Crippen LogP contribution in [0.3, 0.4) is 0 Å². The van der Waals surface area contributed by atoms with Crippen LogP contribution in [0.25, 0.3) is 21.9 Å². The minimum Gasteiger partial charge on any atom is -0.710 e. The van der Waals surface area contributed by atoms with Crippen LogP contribution in [-0.4, -0.2) is 9.97 Å². The van der Waals surface area contributed by atoms with Gasteiger partial charge in [0.2, 0.25) is 0 Å². The van der Waals surface area contributed by atoms with Crippen molar-refractivity contribution in [2.45, 2.75) is 0 Å². The fourth-order valence-electron chi connectivity index (χ4n) is 1.70.